The van der Waals surface area contributed by atoms with E-state index in [9.17, 15) is 18.0 Å². The van der Waals surface area contributed by atoms with Crippen LogP contribution in [-0.2, 0) is 32.6 Å². The minimum atomic E-state index is -4.34. The van der Waals surface area contributed by atoms with Crippen molar-refractivity contribution in [1.82, 2.24) is 10.2 Å². The summed E-state index contributed by atoms with van der Waals surface area (Å²) < 4.78 is 40.8. The molecule has 0 spiro atoms. The number of hydrogen-bond acceptors (Lipinski definition) is 6. The summed E-state index contributed by atoms with van der Waals surface area (Å²) in [5.41, 5.74) is 3.53. The predicted molar refractivity (Wildman–Crippen MR) is 189 cm³/mol. The van der Waals surface area contributed by atoms with Gasteiger partial charge < -0.3 is 19.7 Å². The van der Waals surface area contributed by atoms with Crippen LogP contribution < -0.4 is 19.1 Å². The number of halogens is 1. The molecule has 0 aromatic heterocycles. The summed E-state index contributed by atoms with van der Waals surface area (Å²) in [4.78, 5) is 29.9. The second kappa shape index (κ2) is 16.0. The maximum absolute atomic E-state index is 14.7. The van der Waals surface area contributed by atoms with Crippen molar-refractivity contribution in [3.63, 3.8) is 0 Å². The van der Waals surface area contributed by atoms with Crippen LogP contribution in [0.2, 0.25) is 5.02 Å². The van der Waals surface area contributed by atoms with Crippen molar-refractivity contribution in [1.29, 1.82) is 0 Å². The highest BCUT2D eigenvalue weighted by Crippen LogP contribution is 2.33. The maximum atomic E-state index is 14.7. The van der Waals surface area contributed by atoms with E-state index in [0.717, 1.165) is 26.6 Å². The van der Waals surface area contributed by atoms with E-state index >= 15 is 0 Å². The lowest BCUT2D eigenvalue weighted by molar-refractivity contribution is -0.140. The molecule has 1 atom stereocenters. The first-order chi connectivity index (χ1) is 22.8. The first kappa shape index (κ1) is 36.3. The smallest absolute Gasteiger partial charge is 0.264 e. The van der Waals surface area contributed by atoms with Gasteiger partial charge in [-0.05, 0) is 86.3 Å². The predicted octanol–water partition coefficient (Wildman–Crippen LogP) is 6.33. The van der Waals surface area contributed by atoms with Crippen LogP contribution >= 0.6 is 11.6 Å². The molecule has 0 radical (unpaired) electrons. The number of nitrogens with zero attached hydrogens (tertiary/aromatic N) is 2. The van der Waals surface area contributed by atoms with Gasteiger partial charge >= 0.3 is 0 Å². The molecule has 11 heteroatoms. The molecule has 4 rings (SSSR count). The highest BCUT2D eigenvalue weighted by atomic mass is 35.5. The molecule has 0 aliphatic rings. The molecule has 0 fully saturated rings. The molecule has 48 heavy (non-hydrogen) atoms. The summed E-state index contributed by atoms with van der Waals surface area (Å²) in [6.07, 6.45) is 0.213. The van der Waals surface area contributed by atoms with Crippen LogP contribution in [-0.4, -0.2) is 58.0 Å². The summed E-state index contributed by atoms with van der Waals surface area (Å²) >= 11 is 6.16. The van der Waals surface area contributed by atoms with Crippen LogP contribution in [0.3, 0.4) is 0 Å². The monoisotopic (exact) mass is 691 g/mol. The Labute approximate surface area is 288 Å². The van der Waals surface area contributed by atoms with E-state index in [1.807, 2.05) is 64.1 Å². The zero-order valence-corrected chi connectivity index (χ0v) is 29.6. The summed E-state index contributed by atoms with van der Waals surface area (Å²) in [7, 11) is -1.46. The van der Waals surface area contributed by atoms with E-state index < -0.39 is 28.5 Å². The molecular weight excluding hydrogens is 650 g/mol. The molecule has 1 unspecified atom stereocenters. The topological polar surface area (TPSA) is 105 Å². The fourth-order valence-corrected chi connectivity index (χ4v) is 6.99. The second-order valence-electron chi connectivity index (χ2n) is 11.9. The Hall–Kier alpha value is -4.54. The van der Waals surface area contributed by atoms with E-state index in [-0.39, 0.29) is 35.6 Å². The van der Waals surface area contributed by atoms with Gasteiger partial charge in [0.1, 0.15) is 12.6 Å². The number of methoxy groups -OCH3 is 2. The number of benzene rings is 4. The van der Waals surface area contributed by atoms with Crippen molar-refractivity contribution in [2.24, 2.45) is 0 Å². The van der Waals surface area contributed by atoms with Gasteiger partial charge in [0.2, 0.25) is 11.8 Å². The SMILES string of the molecule is COc1ccc(S(=O)(=O)N(CC(=O)N(Cc2ccc(Cl)cc2)C(Cc2ccccc2)C(=O)NC(C)C)c2cc(C)cc(C)c2)cc1OC. The van der Waals surface area contributed by atoms with Gasteiger partial charge in [0.25, 0.3) is 10.0 Å². The van der Waals surface area contributed by atoms with Gasteiger partial charge in [-0.2, -0.15) is 0 Å². The number of anilines is 1. The number of aryl methyl sites for hydroxylation is 2. The average molecular weight is 692 g/mol. The molecule has 0 heterocycles. The largest absolute Gasteiger partial charge is 0.493 e. The standard InChI is InChI=1S/C37H42ClN3O6S/c1-25(2)39-37(43)33(21-28-10-8-7-9-11-28)40(23-29-12-14-30(38)15-13-29)36(42)24-41(31-19-26(3)18-27(4)20-31)48(44,45)32-16-17-34(46-5)35(22-32)47-6/h7-20,22,25,33H,21,23-24H2,1-6H3,(H,39,43). The molecule has 0 aliphatic carbocycles. The van der Waals surface area contributed by atoms with Crippen LogP contribution in [0.15, 0.2) is 95.9 Å². The normalized spacial score (nSPS) is 11.9. The van der Waals surface area contributed by atoms with E-state index in [1.54, 1.807) is 36.4 Å². The highest BCUT2D eigenvalue weighted by Gasteiger charge is 2.35. The Morgan fingerprint density at radius 1 is 0.812 bits per heavy atom. The van der Waals surface area contributed by atoms with E-state index in [0.29, 0.717) is 16.5 Å². The van der Waals surface area contributed by atoms with Crippen LogP contribution in [0.5, 0.6) is 11.5 Å². The van der Waals surface area contributed by atoms with Crippen molar-refractivity contribution < 1.29 is 27.5 Å². The number of nitrogens with one attached hydrogen (secondary N) is 1. The minimum Gasteiger partial charge on any atom is -0.493 e. The molecule has 4 aromatic carbocycles. The Balaban J connectivity index is 1.85. The maximum Gasteiger partial charge on any atom is 0.264 e. The van der Waals surface area contributed by atoms with Crippen molar-refractivity contribution in [3.8, 4) is 11.5 Å². The number of amides is 2. The van der Waals surface area contributed by atoms with E-state index in [2.05, 4.69) is 5.32 Å². The van der Waals surface area contributed by atoms with Crippen molar-refractivity contribution in [2.45, 2.75) is 57.6 Å². The Bertz CT molecular complexity index is 1810. The molecule has 254 valence electrons. The zero-order valence-electron chi connectivity index (χ0n) is 28.1. The minimum absolute atomic E-state index is 0.0378. The fraction of sp³-hybridized carbons (Fsp3) is 0.297. The van der Waals surface area contributed by atoms with Crippen molar-refractivity contribution in [2.75, 3.05) is 25.1 Å². The van der Waals surface area contributed by atoms with Crippen LogP contribution in [0.1, 0.15) is 36.1 Å². The van der Waals surface area contributed by atoms with Crippen LogP contribution in [0.4, 0.5) is 5.69 Å². The molecule has 2 amide bonds. The molecule has 0 bridgehead atoms. The van der Waals surface area contributed by atoms with E-state index in [1.165, 1.54) is 37.3 Å². The number of rotatable bonds is 14. The van der Waals surface area contributed by atoms with Gasteiger partial charge in [0.05, 0.1) is 24.8 Å². The molecule has 0 aliphatic heterocycles. The molecule has 0 saturated heterocycles. The van der Waals surface area contributed by atoms with Gasteiger partial charge in [-0.1, -0.05) is 60.1 Å². The summed E-state index contributed by atoms with van der Waals surface area (Å²) in [6, 6.07) is 24.9. The van der Waals surface area contributed by atoms with Gasteiger partial charge in [0, 0.05) is 30.1 Å². The molecular formula is C37H42ClN3O6S. The molecule has 9 nitrogen and oxygen atoms in total. The lowest BCUT2D eigenvalue weighted by Crippen LogP contribution is -2.54. The van der Waals surface area contributed by atoms with E-state index in [4.69, 9.17) is 21.1 Å². The quantitative estimate of drug-likeness (QED) is 0.166. The van der Waals surface area contributed by atoms with Crippen molar-refractivity contribution >= 4 is 39.1 Å². The molecule has 0 saturated carbocycles. The Kier molecular flexibility index (Phi) is 12.1. The first-order valence-corrected chi connectivity index (χ1v) is 17.4. The van der Waals surface area contributed by atoms with Gasteiger partial charge in [-0.3, -0.25) is 13.9 Å². The number of carbonyl (C=O) groups excluding carboxylic acids is 2. The fourth-order valence-electron chi connectivity index (χ4n) is 5.45. The van der Waals surface area contributed by atoms with Crippen molar-refractivity contribution in [3.05, 3.63) is 118 Å². The van der Waals surface area contributed by atoms with Gasteiger partial charge in [-0.15, -0.1) is 0 Å². The second-order valence-corrected chi connectivity index (χ2v) is 14.2. The molecule has 1 N–H and O–H groups in total. The lowest BCUT2D eigenvalue weighted by atomic mass is 10.0. The third-order valence-electron chi connectivity index (χ3n) is 7.68. The third-order valence-corrected chi connectivity index (χ3v) is 9.71. The van der Waals surface area contributed by atoms with Crippen LogP contribution in [0, 0.1) is 13.8 Å². The Morgan fingerprint density at radius 2 is 1.44 bits per heavy atom. The highest BCUT2D eigenvalue weighted by molar-refractivity contribution is 7.92. The Morgan fingerprint density at radius 3 is 2.02 bits per heavy atom. The number of ether oxygens (including phenoxy) is 2. The lowest BCUT2D eigenvalue weighted by Gasteiger charge is -2.34. The number of sulfonamides is 1. The first-order valence-electron chi connectivity index (χ1n) is 15.5. The third kappa shape index (κ3) is 9.08. The number of carbonyl (C=O) groups is 2. The molecule has 4 aromatic rings. The van der Waals surface area contributed by atoms with Gasteiger partial charge in [-0.25, -0.2) is 8.42 Å². The van der Waals surface area contributed by atoms with Gasteiger partial charge in [0.15, 0.2) is 11.5 Å². The average Bonchev–Trinajstić information content (AvgIpc) is 3.05. The summed E-state index contributed by atoms with van der Waals surface area (Å²) in [5.74, 6) is -0.327. The van der Waals surface area contributed by atoms with Crippen LogP contribution in [0.25, 0.3) is 0 Å². The summed E-state index contributed by atoms with van der Waals surface area (Å²) in [5, 5.41) is 3.49. The summed E-state index contributed by atoms with van der Waals surface area (Å²) in [6.45, 7) is 6.88. The zero-order chi connectivity index (χ0) is 35.0. The number of hydrogen-bond donors (Lipinski definition) is 1.